The van der Waals surface area contributed by atoms with Crippen LogP contribution in [0.3, 0.4) is 0 Å². The van der Waals surface area contributed by atoms with Crippen LogP contribution in [0.15, 0.2) is 48.5 Å². The van der Waals surface area contributed by atoms with Gasteiger partial charge in [-0.2, -0.15) is 0 Å². The third kappa shape index (κ3) is 2.94. The largest absolute Gasteiger partial charge is 0.497 e. The quantitative estimate of drug-likeness (QED) is 0.905. The van der Waals surface area contributed by atoms with Gasteiger partial charge in [0.15, 0.2) is 0 Å². The van der Waals surface area contributed by atoms with E-state index < -0.39 is 0 Å². The summed E-state index contributed by atoms with van der Waals surface area (Å²) in [6.45, 7) is 2.12. The number of ether oxygens (including phenoxy) is 2. The molecule has 0 radical (unpaired) electrons. The normalized spacial score (nSPS) is 13.6. The Kier molecular flexibility index (Phi) is 4.64. The Balaban J connectivity index is 2.34. The van der Waals surface area contributed by atoms with Crippen molar-refractivity contribution in [3.63, 3.8) is 0 Å². The Morgan fingerprint density at radius 2 is 1.65 bits per heavy atom. The fourth-order valence-electron chi connectivity index (χ4n) is 2.33. The van der Waals surface area contributed by atoms with Gasteiger partial charge in [-0.25, -0.2) is 0 Å². The summed E-state index contributed by atoms with van der Waals surface area (Å²) in [6, 6.07) is 15.8. The maximum absolute atomic E-state index is 6.43. The van der Waals surface area contributed by atoms with Gasteiger partial charge in [0, 0.05) is 17.5 Å². The average Bonchev–Trinajstić information content (AvgIpc) is 2.53. The molecule has 3 heteroatoms. The van der Waals surface area contributed by atoms with Crippen LogP contribution in [0.4, 0.5) is 0 Å². The molecule has 0 amide bonds. The number of nitrogens with two attached hydrogens (primary N) is 1. The van der Waals surface area contributed by atoms with Crippen LogP contribution >= 0.6 is 0 Å². The molecule has 20 heavy (non-hydrogen) atoms. The molecule has 2 aromatic carbocycles. The van der Waals surface area contributed by atoms with Crippen LogP contribution in [0.5, 0.6) is 11.5 Å². The Hall–Kier alpha value is -2.00. The SMILES string of the molecule is COc1ccc(OC)c(C(N)C(C)c2ccccc2)c1. The van der Waals surface area contributed by atoms with Crippen LogP contribution < -0.4 is 15.2 Å². The molecule has 0 aliphatic heterocycles. The highest BCUT2D eigenvalue weighted by atomic mass is 16.5. The summed E-state index contributed by atoms with van der Waals surface area (Å²) in [6.07, 6.45) is 0. The molecule has 0 heterocycles. The minimum atomic E-state index is -0.151. The first-order valence-electron chi connectivity index (χ1n) is 6.69. The monoisotopic (exact) mass is 271 g/mol. The predicted molar refractivity (Wildman–Crippen MR) is 81.3 cm³/mol. The highest BCUT2D eigenvalue weighted by Crippen LogP contribution is 2.35. The highest BCUT2D eigenvalue weighted by Gasteiger charge is 2.20. The van der Waals surface area contributed by atoms with E-state index in [2.05, 4.69) is 19.1 Å². The van der Waals surface area contributed by atoms with Crippen molar-refractivity contribution < 1.29 is 9.47 Å². The second kappa shape index (κ2) is 6.44. The van der Waals surface area contributed by atoms with Crippen LogP contribution in [-0.4, -0.2) is 14.2 Å². The summed E-state index contributed by atoms with van der Waals surface area (Å²) >= 11 is 0. The molecular weight excluding hydrogens is 250 g/mol. The van der Waals surface area contributed by atoms with Crippen LogP contribution in [-0.2, 0) is 0 Å². The van der Waals surface area contributed by atoms with Crippen molar-refractivity contribution in [3.8, 4) is 11.5 Å². The Bertz CT molecular complexity index is 554. The van der Waals surface area contributed by atoms with Gasteiger partial charge in [-0.3, -0.25) is 0 Å². The molecule has 0 aromatic heterocycles. The summed E-state index contributed by atoms with van der Waals surface area (Å²) in [5.74, 6) is 1.77. The zero-order chi connectivity index (χ0) is 14.5. The molecule has 0 saturated heterocycles. The number of rotatable bonds is 5. The zero-order valence-electron chi connectivity index (χ0n) is 12.2. The summed E-state index contributed by atoms with van der Waals surface area (Å²) in [5.41, 5.74) is 8.61. The molecule has 0 aliphatic rings. The van der Waals surface area contributed by atoms with Crippen molar-refractivity contribution in [2.45, 2.75) is 18.9 Å². The van der Waals surface area contributed by atoms with Gasteiger partial charge in [-0.1, -0.05) is 37.3 Å². The maximum Gasteiger partial charge on any atom is 0.123 e. The van der Waals surface area contributed by atoms with E-state index in [0.29, 0.717) is 0 Å². The molecule has 0 aliphatic carbocycles. The zero-order valence-corrected chi connectivity index (χ0v) is 12.2. The first kappa shape index (κ1) is 14.4. The topological polar surface area (TPSA) is 44.5 Å². The third-order valence-corrected chi connectivity index (χ3v) is 3.66. The first-order valence-corrected chi connectivity index (χ1v) is 6.69. The predicted octanol–water partition coefficient (Wildman–Crippen LogP) is 3.51. The minimum Gasteiger partial charge on any atom is -0.497 e. The van der Waals surface area contributed by atoms with E-state index in [9.17, 15) is 0 Å². The van der Waals surface area contributed by atoms with Crippen molar-refractivity contribution in [1.29, 1.82) is 0 Å². The van der Waals surface area contributed by atoms with Gasteiger partial charge < -0.3 is 15.2 Å². The molecule has 0 fully saturated rings. The van der Waals surface area contributed by atoms with Crippen molar-refractivity contribution in [1.82, 2.24) is 0 Å². The Morgan fingerprint density at radius 1 is 0.950 bits per heavy atom. The molecule has 0 bridgehead atoms. The summed E-state index contributed by atoms with van der Waals surface area (Å²) in [4.78, 5) is 0. The third-order valence-electron chi connectivity index (χ3n) is 3.66. The van der Waals surface area contributed by atoms with E-state index in [1.165, 1.54) is 5.56 Å². The van der Waals surface area contributed by atoms with E-state index in [1.807, 2.05) is 36.4 Å². The molecule has 0 spiro atoms. The standard InChI is InChI=1S/C17H21NO2/c1-12(13-7-5-4-6-8-13)17(18)15-11-14(19-2)9-10-16(15)20-3/h4-12,17H,18H2,1-3H3. The lowest BCUT2D eigenvalue weighted by Crippen LogP contribution is -2.18. The number of benzene rings is 2. The average molecular weight is 271 g/mol. The van der Waals surface area contributed by atoms with Crippen LogP contribution in [0.25, 0.3) is 0 Å². The van der Waals surface area contributed by atoms with Crippen molar-refractivity contribution in [2.24, 2.45) is 5.73 Å². The first-order chi connectivity index (χ1) is 9.67. The maximum atomic E-state index is 6.43. The molecule has 2 atom stereocenters. The smallest absolute Gasteiger partial charge is 0.123 e. The number of methoxy groups -OCH3 is 2. The fourth-order valence-corrected chi connectivity index (χ4v) is 2.33. The summed E-state index contributed by atoms with van der Waals surface area (Å²) < 4.78 is 10.7. The minimum absolute atomic E-state index is 0.151. The van der Waals surface area contributed by atoms with Gasteiger partial charge in [-0.15, -0.1) is 0 Å². The summed E-state index contributed by atoms with van der Waals surface area (Å²) in [5, 5.41) is 0. The fraction of sp³-hybridized carbons (Fsp3) is 0.294. The van der Waals surface area contributed by atoms with Gasteiger partial charge in [-0.05, 0) is 23.8 Å². The van der Waals surface area contributed by atoms with E-state index in [4.69, 9.17) is 15.2 Å². The van der Waals surface area contributed by atoms with Crippen LogP contribution in [0.1, 0.15) is 30.0 Å². The molecule has 2 N–H and O–H groups in total. The molecule has 106 valence electrons. The molecule has 2 unspecified atom stereocenters. The Labute approximate surface area is 120 Å². The van der Waals surface area contributed by atoms with Crippen molar-refractivity contribution in [2.75, 3.05) is 14.2 Å². The number of hydrogen-bond donors (Lipinski definition) is 1. The lowest BCUT2D eigenvalue weighted by Gasteiger charge is -2.23. The summed E-state index contributed by atoms with van der Waals surface area (Å²) in [7, 11) is 3.31. The van der Waals surface area contributed by atoms with Gasteiger partial charge in [0.2, 0.25) is 0 Å². The van der Waals surface area contributed by atoms with E-state index >= 15 is 0 Å². The van der Waals surface area contributed by atoms with E-state index in [-0.39, 0.29) is 12.0 Å². The van der Waals surface area contributed by atoms with Gasteiger partial charge in [0.25, 0.3) is 0 Å². The van der Waals surface area contributed by atoms with Crippen molar-refractivity contribution in [3.05, 3.63) is 59.7 Å². The number of hydrogen-bond acceptors (Lipinski definition) is 3. The second-order valence-corrected chi connectivity index (χ2v) is 4.83. The van der Waals surface area contributed by atoms with Gasteiger partial charge in [0.05, 0.1) is 14.2 Å². The molecule has 3 nitrogen and oxygen atoms in total. The van der Waals surface area contributed by atoms with E-state index in [1.54, 1.807) is 14.2 Å². The van der Waals surface area contributed by atoms with Gasteiger partial charge >= 0.3 is 0 Å². The van der Waals surface area contributed by atoms with Crippen LogP contribution in [0.2, 0.25) is 0 Å². The highest BCUT2D eigenvalue weighted by molar-refractivity contribution is 5.43. The molecule has 2 rings (SSSR count). The Morgan fingerprint density at radius 3 is 2.25 bits per heavy atom. The van der Waals surface area contributed by atoms with Crippen LogP contribution in [0, 0.1) is 0 Å². The molecule has 0 saturated carbocycles. The van der Waals surface area contributed by atoms with Gasteiger partial charge in [0.1, 0.15) is 11.5 Å². The van der Waals surface area contributed by atoms with Crippen molar-refractivity contribution >= 4 is 0 Å². The lowest BCUT2D eigenvalue weighted by atomic mass is 9.88. The van der Waals surface area contributed by atoms with E-state index in [0.717, 1.165) is 17.1 Å². The lowest BCUT2D eigenvalue weighted by molar-refractivity contribution is 0.392. The molecular formula is C17H21NO2. The molecule has 2 aromatic rings. The second-order valence-electron chi connectivity index (χ2n) is 4.83.